The molecule has 3 heteroatoms. The number of ketones is 1. The summed E-state index contributed by atoms with van der Waals surface area (Å²) in [6.07, 6.45) is 0.789. The van der Waals surface area contributed by atoms with E-state index in [-0.39, 0.29) is 17.8 Å². The third-order valence-corrected chi connectivity index (χ3v) is 6.77. The van der Waals surface area contributed by atoms with E-state index in [1.165, 1.54) is 0 Å². The molecule has 0 amide bonds. The highest BCUT2D eigenvalue weighted by Gasteiger charge is 2.40. The van der Waals surface area contributed by atoms with Crippen molar-refractivity contribution in [1.29, 1.82) is 0 Å². The van der Waals surface area contributed by atoms with Crippen LogP contribution in [-0.2, 0) is 26.5 Å². The highest BCUT2D eigenvalue weighted by Crippen LogP contribution is 2.41. The Hall–Kier alpha value is -3.53. The zero-order chi connectivity index (χ0) is 23.9. The van der Waals surface area contributed by atoms with Gasteiger partial charge in [0.05, 0.1) is 13.2 Å². The molecule has 1 aliphatic rings. The molecule has 0 radical (unpaired) electrons. The number of hydrogen-bond acceptors (Lipinski definition) is 3. The molecule has 4 aromatic carbocycles. The SMILES string of the molecule is O=C1C[C@H](COC(c2ccccc2)(c2ccccc2)c2ccccc2)C[C@H]1OCc1ccccc1. The molecule has 0 unspecified atom stereocenters. The maximum atomic E-state index is 12.8. The molecule has 4 aromatic rings. The third kappa shape index (κ3) is 5.12. The molecule has 0 aliphatic heterocycles. The van der Waals surface area contributed by atoms with Crippen LogP contribution in [0.2, 0.25) is 0 Å². The quantitative estimate of drug-likeness (QED) is 0.264. The molecule has 0 bridgehead atoms. The molecule has 0 aromatic heterocycles. The fourth-order valence-electron chi connectivity index (χ4n) is 5.00. The second-order valence-electron chi connectivity index (χ2n) is 9.15. The Morgan fingerprint density at radius 2 is 1.11 bits per heavy atom. The van der Waals surface area contributed by atoms with Crippen LogP contribution < -0.4 is 0 Å². The maximum Gasteiger partial charge on any atom is 0.161 e. The van der Waals surface area contributed by atoms with E-state index in [1.54, 1.807) is 0 Å². The van der Waals surface area contributed by atoms with E-state index in [1.807, 2.05) is 84.9 Å². The highest BCUT2D eigenvalue weighted by molar-refractivity contribution is 5.85. The van der Waals surface area contributed by atoms with Gasteiger partial charge in [0.1, 0.15) is 11.7 Å². The molecule has 0 saturated heterocycles. The van der Waals surface area contributed by atoms with Crippen molar-refractivity contribution in [3.05, 3.63) is 144 Å². The minimum Gasteiger partial charge on any atom is -0.366 e. The van der Waals surface area contributed by atoms with Gasteiger partial charge >= 0.3 is 0 Å². The van der Waals surface area contributed by atoms with Crippen molar-refractivity contribution in [3.63, 3.8) is 0 Å². The number of carbonyl (C=O) groups excluding carboxylic acids is 1. The first-order valence-corrected chi connectivity index (χ1v) is 12.2. The lowest BCUT2D eigenvalue weighted by Gasteiger charge is -2.36. The summed E-state index contributed by atoms with van der Waals surface area (Å²) in [6.45, 7) is 0.919. The summed E-state index contributed by atoms with van der Waals surface area (Å²) in [5.41, 5.74) is 3.52. The maximum absolute atomic E-state index is 12.8. The van der Waals surface area contributed by atoms with E-state index in [9.17, 15) is 4.79 Å². The van der Waals surface area contributed by atoms with Crippen molar-refractivity contribution < 1.29 is 14.3 Å². The van der Waals surface area contributed by atoms with Crippen molar-refractivity contribution in [1.82, 2.24) is 0 Å². The number of Topliss-reactive ketones (excluding diaryl/α,β-unsaturated/α-hetero) is 1. The minimum atomic E-state index is -0.768. The summed E-state index contributed by atoms with van der Waals surface area (Å²) in [6, 6.07) is 41.1. The summed E-state index contributed by atoms with van der Waals surface area (Å²) in [5, 5.41) is 0. The first-order valence-electron chi connectivity index (χ1n) is 12.2. The fraction of sp³-hybridized carbons (Fsp3) is 0.219. The van der Waals surface area contributed by atoms with Crippen LogP contribution in [0.5, 0.6) is 0 Å². The Kier molecular flexibility index (Phi) is 7.17. The Morgan fingerprint density at radius 1 is 0.657 bits per heavy atom. The van der Waals surface area contributed by atoms with E-state index in [2.05, 4.69) is 36.4 Å². The predicted octanol–water partition coefficient (Wildman–Crippen LogP) is 6.56. The van der Waals surface area contributed by atoms with E-state index in [0.29, 0.717) is 26.1 Å². The largest absolute Gasteiger partial charge is 0.366 e. The molecular formula is C32H30O3. The summed E-state index contributed by atoms with van der Waals surface area (Å²) in [5.74, 6) is 0.276. The van der Waals surface area contributed by atoms with Gasteiger partial charge in [0.25, 0.3) is 0 Å². The molecule has 1 fully saturated rings. The van der Waals surface area contributed by atoms with Gasteiger partial charge in [-0.3, -0.25) is 4.79 Å². The molecule has 1 saturated carbocycles. The van der Waals surface area contributed by atoms with Gasteiger partial charge in [-0.2, -0.15) is 0 Å². The number of ether oxygens (including phenoxy) is 2. The van der Waals surface area contributed by atoms with E-state index in [0.717, 1.165) is 22.3 Å². The van der Waals surface area contributed by atoms with Crippen molar-refractivity contribution in [3.8, 4) is 0 Å². The van der Waals surface area contributed by atoms with Gasteiger partial charge in [-0.25, -0.2) is 0 Å². The van der Waals surface area contributed by atoms with Gasteiger partial charge < -0.3 is 9.47 Å². The van der Waals surface area contributed by atoms with Crippen molar-refractivity contribution in [2.75, 3.05) is 6.61 Å². The molecule has 1 aliphatic carbocycles. The second-order valence-corrected chi connectivity index (χ2v) is 9.15. The van der Waals surface area contributed by atoms with Gasteiger partial charge in [-0.1, -0.05) is 121 Å². The molecule has 0 spiro atoms. The van der Waals surface area contributed by atoms with Crippen LogP contribution in [-0.4, -0.2) is 18.5 Å². The molecular weight excluding hydrogens is 432 g/mol. The lowest BCUT2D eigenvalue weighted by molar-refractivity contribution is -0.128. The summed E-state index contributed by atoms with van der Waals surface area (Å²) in [4.78, 5) is 12.8. The predicted molar refractivity (Wildman–Crippen MR) is 138 cm³/mol. The molecule has 176 valence electrons. The number of rotatable bonds is 9. The molecule has 0 heterocycles. The number of benzene rings is 4. The van der Waals surface area contributed by atoms with Crippen LogP contribution in [0.25, 0.3) is 0 Å². The molecule has 5 rings (SSSR count). The van der Waals surface area contributed by atoms with Crippen LogP contribution in [0.15, 0.2) is 121 Å². The standard InChI is InChI=1S/C32H30O3/c33-30-21-26(22-31(30)34-23-25-13-5-1-6-14-25)24-35-32(27-15-7-2-8-16-27,28-17-9-3-10-18-28)29-19-11-4-12-20-29/h1-20,26,31H,21-24H2/t26-,31+/m0/s1. The Labute approximate surface area is 207 Å². The fourth-order valence-corrected chi connectivity index (χ4v) is 5.00. The monoisotopic (exact) mass is 462 g/mol. The van der Waals surface area contributed by atoms with Gasteiger partial charge in [-0.15, -0.1) is 0 Å². The summed E-state index contributed by atoms with van der Waals surface area (Å²) < 4.78 is 12.9. The third-order valence-electron chi connectivity index (χ3n) is 6.77. The first-order chi connectivity index (χ1) is 17.3. The average molecular weight is 463 g/mol. The van der Waals surface area contributed by atoms with Gasteiger partial charge in [0.2, 0.25) is 0 Å². The van der Waals surface area contributed by atoms with Crippen molar-refractivity contribution in [2.45, 2.75) is 31.2 Å². The average Bonchev–Trinajstić information content (AvgIpc) is 3.29. The number of carbonyl (C=O) groups is 1. The highest BCUT2D eigenvalue weighted by atomic mass is 16.5. The zero-order valence-electron chi connectivity index (χ0n) is 19.8. The smallest absolute Gasteiger partial charge is 0.161 e. The van der Waals surface area contributed by atoms with E-state index in [4.69, 9.17) is 9.47 Å². The Balaban J connectivity index is 1.39. The van der Waals surface area contributed by atoms with Gasteiger partial charge in [-0.05, 0) is 34.6 Å². The van der Waals surface area contributed by atoms with Crippen molar-refractivity contribution in [2.24, 2.45) is 5.92 Å². The molecule has 2 atom stereocenters. The lowest BCUT2D eigenvalue weighted by Crippen LogP contribution is -2.34. The van der Waals surface area contributed by atoms with Crippen molar-refractivity contribution >= 4 is 5.78 Å². The molecule has 0 N–H and O–H groups in total. The van der Waals surface area contributed by atoms with Crippen LogP contribution in [0.1, 0.15) is 35.1 Å². The summed E-state index contributed by atoms with van der Waals surface area (Å²) in [7, 11) is 0. The molecule has 35 heavy (non-hydrogen) atoms. The van der Waals surface area contributed by atoms with Crippen LogP contribution in [0.3, 0.4) is 0 Å². The second kappa shape index (κ2) is 10.8. The topological polar surface area (TPSA) is 35.5 Å². The first kappa shape index (κ1) is 23.2. The van der Waals surface area contributed by atoms with Gasteiger partial charge in [0.15, 0.2) is 5.78 Å². The van der Waals surface area contributed by atoms with Crippen LogP contribution in [0, 0.1) is 5.92 Å². The van der Waals surface area contributed by atoms with Crippen LogP contribution in [0.4, 0.5) is 0 Å². The molecule has 3 nitrogen and oxygen atoms in total. The lowest BCUT2D eigenvalue weighted by atomic mass is 9.80. The van der Waals surface area contributed by atoms with Gasteiger partial charge in [0, 0.05) is 6.42 Å². The van der Waals surface area contributed by atoms with E-state index < -0.39 is 5.60 Å². The Bertz CT molecular complexity index is 1110. The summed E-state index contributed by atoms with van der Waals surface area (Å²) >= 11 is 0. The normalized spacial score (nSPS) is 18.0. The minimum absolute atomic E-state index is 0.110. The number of hydrogen-bond donors (Lipinski definition) is 0. The zero-order valence-corrected chi connectivity index (χ0v) is 19.8. The van der Waals surface area contributed by atoms with E-state index >= 15 is 0 Å². The Morgan fingerprint density at radius 3 is 1.60 bits per heavy atom. The van der Waals surface area contributed by atoms with Crippen LogP contribution >= 0.6 is 0 Å².